The lowest BCUT2D eigenvalue weighted by Gasteiger charge is -2.13. The number of nitrogens with zero attached hydrogens (tertiary/aromatic N) is 4. The molecule has 194 valence electrons. The number of carbonyl (C=O) groups is 2. The number of nitrogens with two attached hydrogens (primary N) is 2. The molecular formula is C27H25F2N7O2. The van der Waals surface area contributed by atoms with E-state index in [1.807, 2.05) is 0 Å². The zero-order valence-corrected chi connectivity index (χ0v) is 20.9. The standard InChI is InChI=1S/C27H25F2N7O2/c1-13(2)33-26(38)15-4-5-19(28)18(9-15)24-20(29)11-21(30)25(36-24)23(37)10-16-12-32-7-6-17(16)22-8-14(3)34-27(31)35-22/h4-9,11-13H,10,30H2,1-3H3,(H,33,38)(H2,31,34,35). The molecule has 38 heavy (non-hydrogen) atoms. The van der Waals surface area contributed by atoms with Gasteiger partial charge in [0.25, 0.3) is 5.91 Å². The van der Waals surface area contributed by atoms with Gasteiger partial charge in [-0.25, -0.2) is 23.7 Å². The first-order chi connectivity index (χ1) is 18.0. The number of amides is 1. The number of nitrogen functional groups attached to an aromatic ring is 2. The van der Waals surface area contributed by atoms with E-state index in [1.54, 1.807) is 39.1 Å². The molecule has 0 spiro atoms. The summed E-state index contributed by atoms with van der Waals surface area (Å²) in [6, 6.07) is 7.65. The summed E-state index contributed by atoms with van der Waals surface area (Å²) in [4.78, 5) is 42.2. The molecule has 11 heteroatoms. The van der Waals surface area contributed by atoms with Crippen molar-refractivity contribution in [2.75, 3.05) is 11.5 Å². The van der Waals surface area contributed by atoms with Gasteiger partial charge in [0.1, 0.15) is 17.2 Å². The second kappa shape index (κ2) is 10.7. The van der Waals surface area contributed by atoms with Gasteiger partial charge in [0, 0.05) is 53.3 Å². The summed E-state index contributed by atoms with van der Waals surface area (Å²) in [6.07, 6.45) is 2.84. The van der Waals surface area contributed by atoms with E-state index in [4.69, 9.17) is 11.5 Å². The minimum absolute atomic E-state index is 0.0782. The van der Waals surface area contributed by atoms with Crippen LogP contribution in [0.25, 0.3) is 22.5 Å². The van der Waals surface area contributed by atoms with Crippen molar-refractivity contribution in [3.63, 3.8) is 0 Å². The second-order valence-corrected chi connectivity index (χ2v) is 8.96. The number of ketones is 1. The Labute approximate surface area is 217 Å². The third kappa shape index (κ3) is 5.61. The molecule has 0 unspecified atom stereocenters. The maximum atomic E-state index is 14.9. The minimum atomic E-state index is -0.937. The summed E-state index contributed by atoms with van der Waals surface area (Å²) in [5.74, 6) is -2.68. The van der Waals surface area contributed by atoms with Crippen molar-refractivity contribution in [2.24, 2.45) is 0 Å². The maximum absolute atomic E-state index is 14.9. The fourth-order valence-corrected chi connectivity index (χ4v) is 3.91. The van der Waals surface area contributed by atoms with E-state index in [1.165, 1.54) is 18.3 Å². The molecule has 4 aromatic rings. The zero-order chi connectivity index (χ0) is 27.6. The van der Waals surface area contributed by atoms with Gasteiger partial charge in [-0.3, -0.25) is 14.6 Å². The Hall–Kier alpha value is -4.80. The predicted octanol–water partition coefficient (Wildman–Crippen LogP) is 3.92. The van der Waals surface area contributed by atoms with Crippen molar-refractivity contribution in [3.8, 4) is 22.5 Å². The van der Waals surface area contributed by atoms with Crippen LogP contribution in [0.2, 0.25) is 0 Å². The van der Waals surface area contributed by atoms with Gasteiger partial charge in [-0.2, -0.15) is 0 Å². The number of carbonyl (C=O) groups excluding carboxylic acids is 2. The van der Waals surface area contributed by atoms with Crippen molar-refractivity contribution in [1.82, 2.24) is 25.3 Å². The molecule has 0 atom stereocenters. The van der Waals surface area contributed by atoms with E-state index in [9.17, 15) is 18.4 Å². The highest BCUT2D eigenvalue weighted by Gasteiger charge is 2.22. The van der Waals surface area contributed by atoms with Gasteiger partial charge in [-0.1, -0.05) is 0 Å². The molecule has 4 rings (SSSR count). The topological polar surface area (TPSA) is 150 Å². The highest BCUT2D eigenvalue weighted by atomic mass is 19.1. The highest BCUT2D eigenvalue weighted by Crippen LogP contribution is 2.29. The van der Waals surface area contributed by atoms with Gasteiger partial charge in [0.05, 0.1) is 11.4 Å². The SMILES string of the molecule is Cc1cc(-c2ccncc2CC(=O)c2nc(-c3cc(C(=O)NC(C)C)ccc3F)c(F)cc2N)nc(N)n1. The van der Waals surface area contributed by atoms with Gasteiger partial charge >= 0.3 is 0 Å². The van der Waals surface area contributed by atoms with Crippen LogP contribution in [0.1, 0.15) is 46.0 Å². The van der Waals surface area contributed by atoms with E-state index in [0.717, 1.165) is 12.1 Å². The molecule has 1 aromatic carbocycles. The molecule has 0 saturated heterocycles. The van der Waals surface area contributed by atoms with E-state index in [-0.39, 0.29) is 40.9 Å². The molecule has 9 nitrogen and oxygen atoms in total. The van der Waals surface area contributed by atoms with Gasteiger partial charge in [0.2, 0.25) is 5.95 Å². The summed E-state index contributed by atoms with van der Waals surface area (Å²) in [6.45, 7) is 5.31. The number of hydrogen-bond donors (Lipinski definition) is 3. The average Bonchev–Trinajstić information content (AvgIpc) is 2.84. The fourth-order valence-electron chi connectivity index (χ4n) is 3.91. The predicted molar refractivity (Wildman–Crippen MR) is 139 cm³/mol. The maximum Gasteiger partial charge on any atom is 0.251 e. The summed E-state index contributed by atoms with van der Waals surface area (Å²) >= 11 is 0. The molecule has 0 aliphatic rings. The van der Waals surface area contributed by atoms with Gasteiger partial charge in [-0.05, 0) is 56.7 Å². The van der Waals surface area contributed by atoms with Crippen molar-refractivity contribution in [3.05, 3.63) is 82.9 Å². The average molecular weight is 518 g/mol. The van der Waals surface area contributed by atoms with Crippen molar-refractivity contribution in [2.45, 2.75) is 33.2 Å². The minimum Gasteiger partial charge on any atom is -0.397 e. The fraction of sp³-hybridized carbons (Fsp3) is 0.185. The molecule has 1 amide bonds. The summed E-state index contributed by atoms with van der Waals surface area (Å²) in [7, 11) is 0. The number of hydrogen-bond acceptors (Lipinski definition) is 8. The first kappa shape index (κ1) is 26.3. The van der Waals surface area contributed by atoms with Gasteiger partial charge < -0.3 is 16.8 Å². The summed E-state index contributed by atoms with van der Waals surface area (Å²) in [5, 5.41) is 2.69. The molecule has 0 radical (unpaired) electrons. The third-order valence-electron chi connectivity index (χ3n) is 5.58. The molecule has 3 heterocycles. The van der Waals surface area contributed by atoms with Gasteiger partial charge in [-0.15, -0.1) is 0 Å². The van der Waals surface area contributed by atoms with Crippen LogP contribution in [-0.2, 0) is 6.42 Å². The zero-order valence-electron chi connectivity index (χ0n) is 20.9. The Balaban J connectivity index is 1.72. The molecule has 0 fully saturated rings. The Kier molecular flexibility index (Phi) is 7.38. The number of rotatable bonds is 7. The van der Waals surface area contributed by atoms with Crippen LogP contribution in [-0.4, -0.2) is 37.7 Å². The molecular weight excluding hydrogens is 492 g/mol. The highest BCUT2D eigenvalue weighted by molar-refractivity contribution is 6.01. The quantitative estimate of drug-likeness (QED) is 0.312. The number of benzene rings is 1. The normalized spacial score (nSPS) is 11.0. The number of aromatic nitrogens is 4. The number of aryl methyl sites for hydroxylation is 1. The summed E-state index contributed by atoms with van der Waals surface area (Å²) in [5.41, 5.74) is 12.9. The lowest BCUT2D eigenvalue weighted by Crippen LogP contribution is -2.30. The van der Waals surface area contributed by atoms with Crippen molar-refractivity contribution in [1.29, 1.82) is 0 Å². The first-order valence-corrected chi connectivity index (χ1v) is 11.7. The lowest BCUT2D eigenvalue weighted by atomic mass is 9.99. The van der Waals surface area contributed by atoms with Crippen LogP contribution in [0.15, 0.2) is 48.8 Å². The second-order valence-electron chi connectivity index (χ2n) is 8.96. The Morgan fingerprint density at radius 2 is 1.74 bits per heavy atom. The number of nitrogens with one attached hydrogen (secondary N) is 1. The van der Waals surface area contributed by atoms with Crippen LogP contribution in [0.5, 0.6) is 0 Å². The van der Waals surface area contributed by atoms with Crippen LogP contribution in [0.3, 0.4) is 0 Å². The Morgan fingerprint density at radius 1 is 0.974 bits per heavy atom. The molecule has 0 bridgehead atoms. The number of pyridine rings is 2. The van der Waals surface area contributed by atoms with Crippen LogP contribution in [0, 0.1) is 18.6 Å². The van der Waals surface area contributed by atoms with E-state index < -0.39 is 29.0 Å². The van der Waals surface area contributed by atoms with Crippen molar-refractivity contribution >= 4 is 23.3 Å². The Morgan fingerprint density at radius 3 is 2.45 bits per heavy atom. The van der Waals surface area contributed by atoms with Crippen LogP contribution >= 0.6 is 0 Å². The smallest absolute Gasteiger partial charge is 0.251 e. The van der Waals surface area contributed by atoms with E-state index in [2.05, 4.69) is 25.3 Å². The molecule has 3 aromatic heterocycles. The van der Waals surface area contributed by atoms with Gasteiger partial charge in [0.15, 0.2) is 11.6 Å². The summed E-state index contributed by atoms with van der Waals surface area (Å²) < 4.78 is 29.7. The van der Waals surface area contributed by atoms with Crippen LogP contribution in [0.4, 0.5) is 20.4 Å². The largest absolute Gasteiger partial charge is 0.397 e. The first-order valence-electron chi connectivity index (χ1n) is 11.7. The molecule has 0 aliphatic heterocycles. The van der Waals surface area contributed by atoms with E-state index in [0.29, 0.717) is 22.5 Å². The number of Topliss-reactive ketones (excluding diaryl/α,β-unsaturated/α-hetero) is 1. The molecule has 0 aliphatic carbocycles. The molecule has 0 saturated carbocycles. The third-order valence-corrected chi connectivity index (χ3v) is 5.58. The van der Waals surface area contributed by atoms with Crippen molar-refractivity contribution < 1.29 is 18.4 Å². The van der Waals surface area contributed by atoms with E-state index >= 15 is 0 Å². The van der Waals surface area contributed by atoms with Crippen LogP contribution < -0.4 is 16.8 Å². The molecule has 5 N–H and O–H groups in total. The lowest BCUT2D eigenvalue weighted by molar-refractivity contribution is 0.0941. The number of anilines is 2. The monoisotopic (exact) mass is 517 g/mol. The Bertz CT molecular complexity index is 1540. The number of halogens is 2.